The minimum Gasteiger partial charge on any atom is -0.478 e. The lowest BCUT2D eigenvalue weighted by atomic mass is 9.77. The zero-order chi connectivity index (χ0) is 31.3. The number of aromatic carboxylic acids is 1. The normalized spacial score (nSPS) is 21.1. The van der Waals surface area contributed by atoms with E-state index >= 15 is 0 Å². The highest BCUT2D eigenvalue weighted by Crippen LogP contribution is 2.37. The van der Waals surface area contributed by atoms with Gasteiger partial charge in [0.05, 0.1) is 11.2 Å². The third-order valence-corrected chi connectivity index (χ3v) is 9.58. The summed E-state index contributed by atoms with van der Waals surface area (Å²) in [6.07, 6.45) is 7.39. The molecular weight excluding hydrogens is 596 g/mol. The molecule has 3 fully saturated rings. The minimum absolute atomic E-state index is 0. The van der Waals surface area contributed by atoms with Crippen LogP contribution in [0.5, 0.6) is 0 Å². The fourth-order valence-electron chi connectivity index (χ4n) is 7.00. The molecular formula is C34H45ClN4O6. The SMILES string of the molecule is CCCCN1C(=O)[C@@H](CC2(O)CCCCC2)NC(=O)C12CCN(Cc1cccc(C(=O)Nc3ccc(C(=O)O)cc3)c1)CC2.Cl. The van der Waals surface area contributed by atoms with Gasteiger partial charge >= 0.3 is 5.97 Å². The second-order valence-corrected chi connectivity index (χ2v) is 12.7. The number of unbranched alkanes of at least 4 members (excludes halogenated alkanes) is 1. The smallest absolute Gasteiger partial charge is 0.335 e. The Morgan fingerprint density at radius 3 is 2.31 bits per heavy atom. The topological polar surface area (TPSA) is 139 Å². The molecule has 1 saturated carbocycles. The Hall–Kier alpha value is -3.47. The number of halogens is 1. The zero-order valence-corrected chi connectivity index (χ0v) is 26.7. The van der Waals surface area contributed by atoms with Gasteiger partial charge in [-0.1, -0.05) is 44.7 Å². The molecule has 1 aliphatic carbocycles. The predicted octanol–water partition coefficient (Wildman–Crippen LogP) is 4.61. The van der Waals surface area contributed by atoms with Crippen molar-refractivity contribution in [2.24, 2.45) is 0 Å². The predicted molar refractivity (Wildman–Crippen MR) is 173 cm³/mol. The van der Waals surface area contributed by atoms with Gasteiger partial charge in [-0.15, -0.1) is 12.4 Å². The number of nitrogens with one attached hydrogen (secondary N) is 2. The van der Waals surface area contributed by atoms with Crippen LogP contribution in [0.4, 0.5) is 5.69 Å². The first-order valence-corrected chi connectivity index (χ1v) is 15.9. The molecule has 244 valence electrons. The number of benzene rings is 2. The van der Waals surface area contributed by atoms with E-state index in [-0.39, 0.29) is 42.1 Å². The van der Waals surface area contributed by atoms with Crippen LogP contribution in [-0.2, 0) is 16.1 Å². The number of carbonyl (C=O) groups excluding carboxylic acids is 3. The second kappa shape index (κ2) is 14.7. The molecule has 0 aromatic heterocycles. The molecule has 1 atom stereocenters. The van der Waals surface area contributed by atoms with Gasteiger partial charge < -0.3 is 25.7 Å². The summed E-state index contributed by atoms with van der Waals surface area (Å²) in [5.41, 5.74) is 0.331. The van der Waals surface area contributed by atoms with Crippen molar-refractivity contribution >= 4 is 41.8 Å². The van der Waals surface area contributed by atoms with Crippen LogP contribution in [0.25, 0.3) is 0 Å². The number of likely N-dealkylation sites (tertiary alicyclic amines) is 1. The number of piperidine rings is 1. The standard InChI is InChI=1S/C34H44N4O6.ClH/c1-2-3-18-38-30(40)28(22-33(44)14-5-4-6-15-33)36-32(43)34(38)16-19-37(20-17-34)23-24-8-7-9-26(21-24)29(39)35-27-12-10-25(11-13-27)31(41)42;/h7-13,21,28,44H,2-6,14-20,22-23H2,1H3,(H,35,39)(H,36,43)(H,41,42);1H/t28-;/m1./s1. The van der Waals surface area contributed by atoms with Gasteiger partial charge in [-0.3, -0.25) is 19.3 Å². The van der Waals surface area contributed by atoms with Crippen LogP contribution in [0.1, 0.15) is 97.4 Å². The van der Waals surface area contributed by atoms with Crippen molar-refractivity contribution in [3.63, 3.8) is 0 Å². The van der Waals surface area contributed by atoms with Gasteiger partial charge in [0.15, 0.2) is 0 Å². The Bertz CT molecular complexity index is 1370. The number of carboxylic acid groups (broad SMARTS) is 1. The molecule has 45 heavy (non-hydrogen) atoms. The molecule has 2 aliphatic heterocycles. The van der Waals surface area contributed by atoms with Gasteiger partial charge in [0.2, 0.25) is 11.8 Å². The summed E-state index contributed by atoms with van der Waals surface area (Å²) >= 11 is 0. The van der Waals surface area contributed by atoms with E-state index in [4.69, 9.17) is 5.11 Å². The lowest BCUT2D eigenvalue weighted by molar-refractivity contribution is -0.163. The van der Waals surface area contributed by atoms with Crippen molar-refractivity contribution in [2.45, 2.75) is 94.9 Å². The van der Waals surface area contributed by atoms with Crippen LogP contribution in [0.2, 0.25) is 0 Å². The molecule has 2 aromatic rings. The molecule has 1 spiro atoms. The van der Waals surface area contributed by atoms with Gasteiger partial charge in [-0.25, -0.2) is 4.79 Å². The molecule has 11 heteroatoms. The number of amides is 3. The third-order valence-electron chi connectivity index (χ3n) is 9.58. The number of carboxylic acids is 1. The monoisotopic (exact) mass is 640 g/mol. The second-order valence-electron chi connectivity index (χ2n) is 12.7. The molecule has 3 aliphatic rings. The minimum atomic E-state index is -1.03. The average molecular weight is 641 g/mol. The van der Waals surface area contributed by atoms with Crippen molar-refractivity contribution in [2.75, 3.05) is 25.0 Å². The molecule has 2 heterocycles. The van der Waals surface area contributed by atoms with Crippen molar-refractivity contribution in [1.82, 2.24) is 15.1 Å². The summed E-state index contributed by atoms with van der Waals surface area (Å²) in [5, 5.41) is 26.1. The molecule has 0 bridgehead atoms. The number of hydrogen-bond donors (Lipinski definition) is 4. The number of carbonyl (C=O) groups is 4. The number of hydrogen-bond acceptors (Lipinski definition) is 6. The summed E-state index contributed by atoms with van der Waals surface area (Å²) in [6.45, 7) is 4.47. The average Bonchev–Trinajstić information content (AvgIpc) is 3.01. The van der Waals surface area contributed by atoms with E-state index in [0.29, 0.717) is 63.1 Å². The Morgan fingerprint density at radius 1 is 0.978 bits per heavy atom. The largest absolute Gasteiger partial charge is 0.478 e. The van der Waals surface area contributed by atoms with Gasteiger partial charge in [-0.05, 0) is 74.1 Å². The van der Waals surface area contributed by atoms with Crippen molar-refractivity contribution in [3.05, 3.63) is 65.2 Å². The number of rotatable bonds is 10. The van der Waals surface area contributed by atoms with Gasteiger partial charge in [0.25, 0.3) is 5.91 Å². The maximum atomic E-state index is 13.8. The Balaban J connectivity index is 0.00000461. The Labute approximate surface area is 271 Å². The zero-order valence-electron chi connectivity index (χ0n) is 25.9. The number of nitrogens with zero attached hydrogens (tertiary/aromatic N) is 2. The van der Waals surface area contributed by atoms with Crippen LogP contribution in [0, 0.1) is 0 Å². The molecule has 10 nitrogen and oxygen atoms in total. The van der Waals surface area contributed by atoms with Gasteiger partial charge in [0.1, 0.15) is 11.6 Å². The van der Waals surface area contributed by atoms with E-state index < -0.39 is 23.2 Å². The molecule has 5 rings (SSSR count). The molecule has 4 N–H and O–H groups in total. The van der Waals surface area contributed by atoms with E-state index in [1.165, 1.54) is 12.1 Å². The fourth-order valence-corrected chi connectivity index (χ4v) is 7.00. The van der Waals surface area contributed by atoms with Crippen molar-refractivity contribution in [3.8, 4) is 0 Å². The Kier molecular flexibility index (Phi) is 11.3. The maximum Gasteiger partial charge on any atom is 0.335 e. The molecule has 2 aromatic carbocycles. The summed E-state index contributed by atoms with van der Waals surface area (Å²) < 4.78 is 0. The summed E-state index contributed by atoms with van der Waals surface area (Å²) in [6, 6.07) is 12.7. The lowest BCUT2D eigenvalue weighted by Crippen LogP contribution is -2.73. The number of piperazine rings is 1. The van der Waals surface area contributed by atoms with Crippen LogP contribution in [-0.4, -0.2) is 80.5 Å². The van der Waals surface area contributed by atoms with Crippen molar-refractivity contribution < 1.29 is 29.4 Å². The summed E-state index contributed by atoms with van der Waals surface area (Å²) in [4.78, 5) is 55.7. The maximum absolute atomic E-state index is 13.8. The van der Waals surface area contributed by atoms with Gasteiger partial charge in [-0.2, -0.15) is 0 Å². The van der Waals surface area contributed by atoms with E-state index in [1.807, 2.05) is 23.1 Å². The van der Waals surface area contributed by atoms with E-state index in [1.54, 1.807) is 18.2 Å². The third kappa shape index (κ3) is 7.85. The lowest BCUT2D eigenvalue weighted by Gasteiger charge is -2.52. The van der Waals surface area contributed by atoms with Crippen molar-refractivity contribution in [1.29, 1.82) is 0 Å². The first-order valence-electron chi connectivity index (χ1n) is 15.9. The van der Waals surface area contributed by atoms with E-state index in [9.17, 15) is 24.3 Å². The highest BCUT2D eigenvalue weighted by molar-refractivity contribution is 6.04. The molecule has 0 radical (unpaired) electrons. The molecule has 3 amide bonds. The summed E-state index contributed by atoms with van der Waals surface area (Å²) in [7, 11) is 0. The number of aliphatic hydroxyl groups is 1. The Morgan fingerprint density at radius 2 is 1.67 bits per heavy atom. The van der Waals surface area contributed by atoms with Crippen LogP contribution < -0.4 is 10.6 Å². The van der Waals surface area contributed by atoms with Crippen LogP contribution in [0.15, 0.2) is 48.5 Å². The summed E-state index contributed by atoms with van der Waals surface area (Å²) in [5.74, 6) is -1.49. The first-order chi connectivity index (χ1) is 21.1. The number of anilines is 1. The van der Waals surface area contributed by atoms with E-state index in [0.717, 1.165) is 37.7 Å². The highest BCUT2D eigenvalue weighted by Gasteiger charge is 2.54. The molecule has 2 saturated heterocycles. The first kappa shape index (κ1) is 34.4. The van der Waals surface area contributed by atoms with Gasteiger partial charge in [0, 0.05) is 43.9 Å². The van der Waals surface area contributed by atoms with E-state index in [2.05, 4.69) is 22.5 Å². The molecule has 0 unspecified atom stereocenters. The van der Waals surface area contributed by atoms with Crippen LogP contribution in [0.3, 0.4) is 0 Å². The highest BCUT2D eigenvalue weighted by atomic mass is 35.5. The van der Waals surface area contributed by atoms with Crippen LogP contribution >= 0.6 is 12.4 Å². The quantitative estimate of drug-likeness (QED) is 0.298. The fraction of sp³-hybridized carbons (Fsp3) is 0.529.